The van der Waals surface area contributed by atoms with E-state index in [9.17, 15) is 0 Å². The Kier molecular flexibility index (Phi) is 4.42. The SMILES string of the molecule is CC(C)c1csc(CNCc2noc(-c3cccs3)n2)n1. The van der Waals surface area contributed by atoms with Crippen molar-refractivity contribution in [3.8, 4) is 10.8 Å². The van der Waals surface area contributed by atoms with Crippen LogP contribution in [0.2, 0.25) is 0 Å². The molecule has 0 fully saturated rings. The normalized spacial score (nSPS) is 11.4. The lowest BCUT2D eigenvalue weighted by molar-refractivity contribution is 0.420. The highest BCUT2D eigenvalue weighted by molar-refractivity contribution is 7.13. The number of hydrogen-bond acceptors (Lipinski definition) is 7. The average Bonchev–Trinajstić information content (AvgIpc) is 3.20. The minimum Gasteiger partial charge on any atom is -0.333 e. The molecule has 0 bridgehead atoms. The summed E-state index contributed by atoms with van der Waals surface area (Å²) in [4.78, 5) is 9.95. The Morgan fingerprint density at radius 3 is 2.86 bits per heavy atom. The van der Waals surface area contributed by atoms with Crippen LogP contribution < -0.4 is 5.32 Å². The van der Waals surface area contributed by atoms with Gasteiger partial charge in [0.1, 0.15) is 5.01 Å². The molecule has 3 aromatic heterocycles. The first-order valence-electron chi connectivity index (χ1n) is 6.74. The number of thiophene rings is 1. The molecule has 3 heterocycles. The van der Waals surface area contributed by atoms with E-state index in [1.165, 1.54) is 0 Å². The summed E-state index contributed by atoms with van der Waals surface area (Å²) in [5.74, 6) is 1.72. The van der Waals surface area contributed by atoms with Crippen molar-refractivity contribution in [2.24, 2.45) is 0 Å². The van der Waals surface area contributed by atoms with Crippen LogP contribution in [0, 0.1) is 0 Å². The highest BCUT2D eigenvalue weighted by Gasteiger charge is 2.10. The Bertz CT molecular complexity index is 687. The molecule has 0 saturated carbocycles. The summed E-state index contributed by atoms with van der Waals surface area (Å²) in [5.41, 5.74) is 1.15. The topological polar surface area (TPSA) is 63.8 Å². The molecule has 110 valence electrons. The summed E-state index contributed by atoms with van der Waals surface area (Å²) in [6.07, 6.45) is 0. The second-order valence-corrected chi connectivity index (χ2v) is 6.81. The van der Waals surface area contributed by atoms with Crippen molar-refractivity contribution in [2.45, 2.75) is 32.9 Å². The van der Waals surface area contributed by atoms with Gasteiger partial charge >= 0.3 is 0 Å². The molecule has 3 rings (SSSR count). The van der Waals surface area contributed by atoms with Gasteiger partial charge < -0.3 is 9.84 Å². The van der Waals surface area contributed by atoms with E-state index in [-0.39, 0.29) is 0 Å². The number of hydrogen-bond donors (Lipinski definition) is 1. The number of rotatable bonds is 6. The van der Waals surface area contributed by atoms with E-state index < -0.39 is 0 Å². The maximum Gasteiger partial charge on any atom is 0.268 e. The van der Waals surface area contributed by atoms with Crippen LogP contribution in [0.25, 0.3) is 10.8 Å². The van der Waals surface area contributed by atoms with Crippen LogP contribution in [0.5, 0.6) is 0 Å². The molecule has 7 heteroatoms. The molecule has 5 nitrogen and oxygen atoms in total. The maximum atomic E-state index is 5.24. The van der Waals surface area contributed by atoms with Gasteiger partial charge in [0.15, 0.2) is 5.82 Å². The Labute approximate surface area is 131 Å². The fourth-order valence-electron chi connectivity index (χ4n) is 1.78. The first-order chi connectivity index (χ1) is 10.2. The molecule has 0 unspecified atom stereocenters. The number of nitrogens with zero attached hydrogens (tertiary/aromatic N) is 3. The minimum atomic E-state index is 0.473. The van der Waals surface area contributed by atoms with E-state index in [4.69, 9.17) is 4.52 Å². The molecule has 0 amide bonds. The fourth-order valence-corrected chi connectivity index (χ4v) is 3.35. The lowest BCUT2D eigenvalue weighted by atomic mass is 10.2. The Morgan fingerprint density at radius 1 is 1.24 bits per heavy atom. The molecule has 0 radical (unpaired) electrons. The summed E-state index contributed by atoms with van der Waals surface area (Å²) in [5, 5.41) is 12.5. The van der Waals surface area contributed by atoms with Crippen LogP contribution in [0.1, 0.15) is 36.3 Å². The third-order valence-corrected chi connectivity index (χ3v) is 4.65. The van der Waals surface area contributed by atoms with E-state index in [1.54, 1.807) is 22.7 Å². The molecule has 0 aliphatic rings. The monoisotopic (exact) mass is 320 g/mol. The molecule has 0 atom stereocenters. The van der Waals surface area contributed by atoms with Crippen molar-refractivity contribution in [1.82, 2.24) is 20.4 Å². The number of thiazole rings is 1. The second-order valence-electron chi connectivity index (χ2n) is 4.92. The van der Waals surface area contributed by atoms with Crippen molar-refractivity contribution in [3.63, 3.8) is 0 Å². The quantitative estimate of drug-likeness (QED) is 0.751. The zero-order valence-corrected chi connectivity index (χ0v) is 13.5. The third-order valence-electron chi connectivity index (χ3n) is 2.92. The van der Waals surface area contributed by atoms with Gasteiger partial charge in [-0.15, -0.1) is 22.7 Å². The zero-order chi connectivity index (χ0) is 14.7. The maximum absolute atomic E-state index is 5.24. The second kappa shape index (κ2) is 6.46. The van der Waals surface area contributed by atoms with Gasteiger partial charge in [0.25, 0.3) is 5.89 Å². The molecular formula is C14H16N4OS2. The van der Waals surface area contributed by atoms with Gasteiger partial charge in [0.05, 0.1) is 17.1 Å². The zero-order valence-electron chi connectivity index (χ0n) is 11.9. The Hall–Kier alpha value is -1.57. The average molecular weight is 320 g/mol. The van der Waals surface area contributed by atoms with Gasteiger partial charge in [0, 0.05) is 11.9 Å². The van der Waals surface area contributed by atoms with Gasteiger partial charge in [-0.3, -0.25) is 0 Å². The van der Waals surface area contributed by atoms with Gasteiger partial charge in [-0.1, -0.05) is 25.1 Å². The number of nitrogens with one attached hydrogen (secondary N) is 1. The number of aromatic nitrogens is 3. The summed E-state index contributed by atoms with van der Waals surface area (Å²) < 4.78 is 5.24. The van der Waals surface area contributed by atoms with Crippen molar-refractivity contribution in [3.05, 3.63) is 39.4 Å². The molecule has 0 spiro atoms. The molecular weight excluding hydrogens is 304 g/mol. The summed E-state index contributed by atoms with van der Waals surface area (Å²) in [7, 11) is 0. The summed E-state index contributed by atoms with van der Waals surface area (Å²) in [6, 6.07) is 3.94. The fraction of sp³-hybridized carbons (Fsp3) is 0.357. The standard InChI is InChI=1S/C14H16N4OS2/c1-9(2)10-8-21-13(16-10)7-15-6-12-17-14(19-18-12)11-4-3-5-20-11/h3-5,8-9,15H,6-7H2,1-2H3. The van der Waals surface area contributed by atoms with Crippen LogP contribution in [0.3, 0.4) is 0 Å². The predicted molar refractivity (Wildman–Crippen MR) is 84.4 cm³/mol. The predicted octanol–water partition coefficient (Wildman–Crippen LogP) is 3.67. The molecule has 1 N–H and O–H groups in total. The van der Waals surface area contributed by atoms with Crippen LogP contribution in [0.15, 0.2) is 27.4 Å². The smallest absolute Gasteiger partial charge is 0.268 e. The van der Waals surface area contributed by atoms with E-state index in [2.05, 4.69) is 39.7 Å². The highest BCUT2D eigenvalue weighted by Crippen LogP contribution is 2.22. The molecule has 0 aromatic carbocycles. The van der Waals surface area contributed by atoms with Crippen molar-refractivity contribution in [1.29, 1.82) is 0 Å². The third kappa shape index (κ3) is 3.55. The largest absolute Gasteiger partial charge is 0.333 e. The lowest BCUT2D eigenvalue weighted by Crippen LogP contribution is -2.13. The van der Waals surface area contributed by atoms with Gasteiger partial charge in [0.2, 0.25) is 0 Å². The molecule has 0 aliphatic heterocycles. The molecule has 3 aromatic rings. The van der Waals surface area contributed by atoms with E-state index in [0.717, 1.165) is 22.1 Å². The molecule has 0 saturated heterocycles. The van der Waals surface area contributed by atoms with E-state index >= 15 is 0 Å². The summed E-state index contributed by atoms with van der Waals surface area (Å²) in [6.45, 7) is 5.60. The van der Waals surface area contributed by atoms with Gasteiger partial charge in [-0.25, -0.2) is 4.98 Å². The van der Waals surface area contributed by atoms with Gasteiger partial charge in [-0.05, 0) is 17.4 Å². The van der Waals surface area contributed by atoms with Crippen LogP contribution >= 0.6 is 22.7 Å². The van der Waals surface area contributed by atoms with E-state index in [0.29, 0.717) is 24.2 Å². The van der Waals surface area contributed by atoms with Crippen molar-refractivity contribution < 1.29 is 4.52 Å². The van der Waals surface area contributed by atoms with Crippen molar-refractivity contribution in [2.75, 3.05) is 0 Å². The van der Waals surface area contributed by atoms with Crippen LogP contribution in [-0.2, 0) is 13.1 Å². The van der Waals surface area contributed by atoms with Crippen molar-refractivity contribution >= 4 is 22.7 Å². The first kappa shape index (κ1) is 14.4. The Balaban J connectivity index is 1.53. The lowest BCUT2D eigenvalue weighted by Gasteiger charge is -1.99. The minimum absolute atomic E-state index is 0.473. The highest BCUT2D eigenvalue weighted by atomic mass is 32.1. The molecule has 0 aliphatic carbocycles. The summed E-state index contributed by atoms with van der Waals surface area (Å²) >= 11 is 3.27. The van der Waals surface area contributed by atoms with E-state index in [1.807, 2.05) is 17.5 Å². The van der Waals surface area contributed by atoms with Crippen LogP contribution in [0.4, 0.5) is 0 Å². The van der Waals surface area contributed by atoms with Gasteiger partial charge in [-0.2, -0.15) is 4.98 Å². The Morgan fingerprint density at radius 2 is 2.14 bits per heavy atom. The molecule has 21 heavy (non-hydrogen) atoms. The first-order valence-corrected chi connectivity index (χ1v) is 8.50. The van der Waals surface area contributed by atoms with Crippen LogP contribution in [-0.4, -0.2) is 15.1 Å².